The van der Waals surface area contributed by atoms with Gasteiger partial charge in [-0.1, -0.05) is 17.7 Å². The maximum Gasteiger partial charge on any atom is 0.339 e. The van der Waals surface area contributed by atoms with Crippen LogP contribution in [-0.4, -0.2) is 24.8 Å². The zero-order chi connectivity index (χ0) is 20.1. The molecule has 2 aromatic carbocycles. The summed E-state index contributed by atoms with van der Waals surface area (Å²) in [5.41, 5.74) is 3.50. The average Bonchev–Trinajstić information content (AvgIpc) is 2.69. The third-order valence-corrected chi connectivity index (χ3v) is 5.24. The molecule has 7 heteroatoms. The SMILES string of the molecule is CCOC(=O)c1cc(NC(=S)N[C@H]2CCCc3cc(OC)ccc32)ccc1Cl. The molecule has 3 rings (SSSR count). The molecule has 2 N–H and O–H groups in total. The van der Waals surface area contributed by atoms with Crippen LogP contribution in [0, 0.1) is 0 Å². The molecule has 0 spiro atoms. The van der Waals surface area contributed by atoms with Gasteiger partial charge in [0.25, 0.3) is 0 Å². The van der Waals surface area contributed by atoms with Crippen molar-refractivity contribution in [2.24, 2.45) is 0 Å². The van der Waals surface area contributed by atoms with Crippen molar-refractivity contribution in [2.75, 3.05) is 19.0 Å². The third kappa shape index (κ3) is 4.75. The Morgan fingerprint density at radius 1 is 1.29 bits per heavy atom. The third-order valence-electron chi connectivity index (χ3n) is 4.69. The minimum atomic E-state index is -0.454. The van der Waals surface area contributed by atoms with Crippen LogP contribution in [0.15, 0.2) is 36.4 Å². The molecule has 0 fully saturated rings. The van der Waals surface area contributed by atoms with E-state index in [9.17, 15) is 4.79 Å². The number of methoxy groups -OCH3 is 1. The van der Waals surface area contributed by atoms with Gasteiger partial charge in [-0.3, -0.25) is 0 Å². The Kier molecular flexibility index (Phi) is 6.75. The van der Waals surface area contributed by atoms with Gasteiger partial charge in [-0.2, -0.15) is 0 Å². The number of ether oxygens (including phenoxy) is 2. The second kappa shape index (κ2) is 9.26. The van der Waals surface area contributed by atoms with Gasteiger partial charge in [0.15, 0.2) is 5.11 Å². The molecule has 1 aliphatic rings. The molecular formula is C21H23ClN2O3S. The average molecular weight is 419 g/mol. The van der Waals surface area contributed by atoms with Crippen LogP contribution in [0.2, 0.25) is 5.02 Å². The molecular weight excluding hydrogens is 396 g/mol. The van der Waals surface area contributed by atoms with Gasteiger partial charge in [0.1, 0.15) is 5.75 Å². The van der Waals surface area contributed by atoms with Crippen LogP contribution < -0.4 is 15.4 Å². The number of carbonyl (C=O) groups is 1. The quantitative estimate of drug-likeness (QED) is 0.532. The summed E-state index contributed by atoms with van der Waals surface area (Å²) in [4.78, 5) is 12.0. The Labute approximate surface area is 175 Å². The van der Waals surface area contributed by atoms with Crippen LogP contribution >= 0.6 is 23.8 Å². The highest BCUT2D eigenvalue weighted by Gasteiger charge is 2.21. The Hall–Kier alpha value is -2.31. The van der Waals surface area contributed by atoms with Crippen molar-refractivity contribution in [1.29, 1.82) is 0 Å². The largest absolute Gasteiger partial charge is 0.497 e. The molecule has 0 saturated carbocycles. The van der Waals surface area contributed by atoms with Gasteiger partial charge in [0.2, 0.25) is 0 Å². The molecule has 28 heavy (non-hydrogen) atoms. The van der Waals surface area contributed by atoms with Crippen LogP contribution in [-0.2, 0) is 11.2 Å². The number of nitrogens with one attached hydrogen (secondary N) is 2. The van der Waals surface area contributed by atoms with Gasteiger partial charge < -0.3 is 20.1 Å². The number of carbonyl (C=O) groups excluding carboxylic acids is 1. The highest BCUT2D eigenvalue weighted by Crippen LogP contribution is 2.32. The lowest BCUT2D eigenvalue weighted by Crippen LogP contribution is -2.34. The minimum absolute atomic E-state index is 0.131. The summed E-state index contributed by atoms with van der Waals surface area (Å²) < 4.78 is 10.4. The van der Waals surface area contributed by atoms with E-state index >= 15 is 0 Å². The van der Waals surface area contributed by atoms with Crippen molar-refractivity contribution >= 4 is 40.6 Å². The number of benzene rings is 2. The van der Waals surface area contributed by atoms with Gasteiger partial charge in [-0.25, -0.2) is 4.79 Å². The topological polar surface area (TPSA) is 59.6 Å². The maximum atomic E-state index is 12.0. The fraction of sp³-hybridized carbons (Fsp3) is 0.333. The summed E-state index contributed by atoms with van der Waals surface area (Å²) >= 11 is 11.6. The van der Waals surface area contributed by atoms with E-state index < -0.39 is 5.97 Å². The van der Waals surface area contributed by atoms with E-state index in [0.29, 0.717) is 28.0 Å². The van der Waals surface area contributed by atoms with Gasteiger partial charge in [0, 0.05) is 5.69 Å². The molecule has 0 saturated heterocycles. The number of rotatable bonds is 5. The highest BCUT2D eigenvalue weighted by atomic mass is 35.5. The van der Waals surface area contributed by atoms with Gasteiger partial charge in [0.05, 0.1) is 30.3 Å². The Balaban J connectivity index is 1.70. The van der Waals surface area contributed by atoms with Crippen LogP contribution in [0.5, 0.6) is 5.75 Å². The number of thiocarbonyl (C=S) groups is 1. The second-order valence-electron chi connectivity index (χ2n) is 6.52. The molecule has 2 aromatic rings. The lowest BCUT2D eigenvalue weighted by atomic mass is 9.87. The minimum Gasteiger partial charge on any atom is -0.497 e. The molecule has 0 amide bonds. The normalized spacial score (nSPS) is 15.3. The predicted octanol–water partition coefficient (Wildman–Crippen LogP) is 4.89. The van der Waals surface area contributed by atoms with E-state index in [1.165, 1.54) is 11.1 Å². The summed E-state index contributed by atoms with van der Waals surface area (Å²) in [5.74, 6) is 0.415. The number of anilines is 1. The smallest absolute Gasteiger partial charge is 0.339 e. The van der Waals surface area contributed by atoms with Crippen LogP contribution in [0.1, 0.15) is 47.3 Å². The lowest BCUT2D eigenvalue weighted by Gasteiger charge is -2.28. The monoisotopic (exact) mass is 418 g/mol. The molecule has 0 radical (unpaired) electrons. The van der Waals surface area contributed by atoms with Crippen LogP contribution in [0.3, 0.4) is 0 Å². The fourth-order valence-corrected chi connectivity index (χ4v) is 3.82. The summed E-state index contributed by atoms with van der Waals surface area (Å²) in [7, 11) is 1.68. The summed E-state index contributed by atoms with van der Waals surface area (Å²) in [6.45, 7) is 2.04. The zero-order valence-electron chi connectivity index (χ0n) is 15.9. The fourth-order valence-electron chi connectivity index (χ4n) is 3.36. The van der Waals surface area contributed by atoms with Crippen molar-refractivity contribution in [1.82, 2.24) is 5.32 Å². The first-order chi connectivity index (χ1) is 13.5. The zero-order valence-corrected chi connectivity index (χ0v) is 17.5. The van der Waals surface area contributed by atoms with Gasteiger partial charge in [-0.15, -0.1) is 0 Å². The number of esters is 1. The Morgan fingerprint density at radius 3 is 2.86 bits per heavy atom. The van der Waals surface area contributed by atoms with Gasteiger partial charge in [-0.05, 0) is 79.9 Å². The first-order valence-electron chi connectivity index (χ1n) is 9.22. The molecule has 5 nitrogen and oxygen atoms in total. The summed E-state index contributed by atoms with van der Waals surface area (Å²) in [5, 5.41) is 7.35. The number of hydrogen-bond donors (Lipinski definition) is 2. The molecule has 1 aliphatic carbocycles. The molecule has 0 bridgehead atoms. The molecule has 148 valence electrons. The highest BCUT2D eigenvalue weighted by molar-refractivity contribution is 7.80. The number of fused-ring (bicyclic) bond motifs is 1. The van der Waals surface area contributed by atoms with E-state index in [0.717, 1.165) is 25.0 Å². The Bertz CT molecular complexity index is 888. The van der Waals surface area contributed by atoms with E-state index in [-0.39, 0.29) is 6.04 Å². The summed E-state index contributed by atoms with van der Waals surface area (Å²) in [6, 6.07) is 11.4. The molecule has 1 atom stereocenters. The van der Waals surface area contributed by atoms with E-state index in [4.69, 9.17) is 33.3 Å². The van der Waals surface area contributed by atoms with E-state index in [1.54, 1.807) is 32.2 Å². The molecule has 0 aromatic heterocycles. The second-order valence-corrected chi connectivity index (χ2v) is 7.34. The van der Waals surface area contributed by atoms with Crippen LogP contribution in [0.25, 0.3) is 0 Å². The number of hydrogen-bond acceptors (Lipinski definition) is 4. The molecule has 0 unspecified atom stereocenters. The number of aryl methyl sites for hydroxylation is 1. The van der Waals surface area contributed by atoms with Crippen LogP contribution in [0.4, 0.5) is 5.69 Å². The van der Waals surface area contributed by atoms with Gasteiger partial charge >= 0.3 is 5.97 Å². The van der Waals surface area contributed by atoms with Crippen molar-refractivity contribution in [3.05, 3.63) is 58.1 Å². The Morgan fingerprint density at radius 2 is 2.11 bits per heavy atom. The van der Waals surface area contributed by atoms with Crippen molar-refractivity contribution < 1.29 is 14.3 Å². The first-order valence-corrected chi connectivity index (χ1v) is 10.0. The van der Waals surface area contributed by atoms with Crippen molar-refractivity contribution in [3.63, 3.8) is 0 Å². The first kappa shape index (κ1) is 20.4. The van der Waals surface area contributed by atoms with Crippen molar-refractivity contribution in [2.45, 2.75) is 32.2 Å². The van der Waals surface area contributed by atoms with E-state index in [1.807, 2.05) is 6.07 Å². The van der Waals surface area contributed by atoms with E-state index in [2.05, 4.69) is 22.8 Å². The molecule has 0 heterocycles. The lowest BCUT2D eigenvalue weighted by molar-refractivity contribution is 0.0526. The maximum absolute atomic E-state index is 12.0. The number of halogens is 1. The predicted molar refractivity (Wildman–Crippen MR) is 115 cm³/mol. The molecule has 0 aliphatic heterocycles. The summed E-state index contributed by atoms with van der Waals surface area (Å²) in [6.07, 6.45) is 3.11. The van der Waals surface area contributed by atoms with Crippen molar-refractivity contribution in [3.8, 4) is 5.75 Å². The standard InChI is InChI=1S/C21H23ClN2O3S/c1-3-27-20(25)17-12-14(7-10-18(17)22)23-21(28)24-19-6-4-5-13-11-15(26-2)8-9-16(13)19/h7-12,19H,3-6H2,1-2H3,(H2,23,24,28)/t19-/m0/s1.